The van der Waals surface area contributed by atoms with Gasteiger partial charge in [-0.3, -0.25) is 19.2 Å². The van der Waals surface area contributed by atoms with Gasteiger partial charge < -0.3 is 26.2 Å². The first-order chi connectivity index (χ1) is 24.5. The van der Waals surface area contributed by atoms with Crippen LogP contribution in [0.4, 0.5) is 4.79 Å². The number of sulfonamides is 1. The second kappa shape index (κ2) is 16.0. The molecule has 2 unspecified atom stereocenters. The third-order valence-corrected chi connectivity index (χ3v) is 14.0. The number of likely N-dealkylation sites (tertiary alicyclic amines) is 1. The molecule has 2 aliphatic heterocycles. The van der Waals surface area contributed by atoms with E-state index in [1.165, 1.54) is 26.6 Å². The number of ketones is 1. The lowest BCUT2D eigenvalue weighted by atomic mass is 9.81. The van der Waals surface area contributed by atoms with E-state index < -0.39 is 68.6 Å². The van der Waals surface area contributed by atoms with Crippen molar-refractivity contribution in [2.75, 3.05) is 19.6 Å². The van der Waals surface area contributed by atoms with Crippen molar-refractivity contribution >= 4 is 50.9 Å². The fraction of sp³-hybridized carbons (Fsp3) is 0.703. The predicted molar refractivity (Wildman–Crippen MR) is 199 cm³/mol. The SMILES string of the molecule is C=CCNC(=O)C(=O)C(CC1CC1)NC(=O)[C@@H]1C(C(C)C)CCN1C(=O)[C@@H](NC(=O)NC1(CN2Cc3sccc3S2(=O)=O)CCCCC1)C(C)(C)C. The number of thiophene rings is 1. The number of carbonyl (C=O) groups is 5. The molecule has 52 heavy (non-hydrogen) atoms. The molecule has 1 aromatic heterocycles. The van der Waals surface area contributed by atoms with Gasteiger partial charge >= 0.3 is 6.03 Å². The minimum atomic E-state index is -3.67. The quantitative estimate of drug-likeness (QED) is 0.165. The molecule has 2 saturated carbocycles. The first-order valence-corrected chi connectivity index (χ1v) is 21.0. The molecule has 1 aromatic rings. The summed E-state index contributed by atoms with van der Waals surface area (Å²) in [5, 5.41) is 13.2. The normalized spacial score (nSPS) is 23.7. The van der Waals surface area contributed by atoms with Gasteiger partial charge in [-0.05, 0) is 60.3 Å². The zero-order valence-corrected chi connectivity index (χ0v) is 32.8. The van der Waals surface area contributed by atoms with Crippen molar-refractivity contribution in [3.8, 4) is 0 Å². The third kappa shape index (κ3) is 8.90. The van der Waals surface area contributed by atoms with Gasteiger partial charge in [0, 0.05) is 31.1 Å². The van der Waals surface area contributed by atoms with Crippen molar-refractivity contribution in [1.29, 1.82) is 0 Å². The Morgan fingerprint density at radius 2 is 1.75 bits per heavy atom. The van der Waals surface area contributed by atoms with E-state index in [9.17, 15) is 32.4 Å². The van der Waals surface area contributed by atoms with Crippen LogP contribution in [0.3, 0.4) is 0 Å². The van der Waals surface area contributed by atoms with Crippen molar-refractivity contribution < 1.29 is 32.4 Å². The fourth-order valence-corrected chi connectivity index (χ4v) is 11.0. The van der Waals surface area contributed by atoms with Crippen LogP contribution >= 0.6 is 11.3 Å². The number of amides is 5. The van der Waals surface area contributed by atoms with Gasteiger partial charge in [0.05, 0.1) is 16.5 Å². The summed E-state index contributed by atoms with van der Waals surface area (Å²) in [6, 6.07) is -1.88. The fourth-order valence-electron chi connectivity index (χ4n) is 7.99. The number of Topliss-reactive ketones (excluding diaryl/α,β-unsaturated/α-hetero) is 1. The van der Waals surface area contributed by atoms with Crippen molar-refractivity contribution in [3.05, 3.63) is 29.0 Å². The molecule has 4 N–H and O–H groups in total. The molecular weight excluding hydrogens is 705 g/mol. The molecule has 0 aromatic carbocycles. The maximum absolute atomic E-state index is 14.6. The molecule has 5 rings (SSSR count). The molecule has 4 aliphatic rings. The van der Waals surface area contributed by atoms with Crippen molar-refractivity contribution in [2.24, 2.45) is 23.2 Å². The van der Waals surface area contributed by atoms with Crippen LogP contribution in [0, 0.1) is 23.2 Å². The Hall–Kier alpha value is -3.30. The number of fused-ring (bicyclic) bond motifs is 1. The first-order valence-electron chi connectivity index (χ1n) is 18.7. The first kappa shape index (κ1) is 39.9. The zero-order chi connectivity index (χ0) is 38.0. The number of hydrogen-bond donors (Lipinski definition) is 4. The van der Waals surface area contributed by atoms with E-state index in [-0.39, 0.29) is 43.9 Å². The highest BCUT2D eigenvalue weighted by molar-refractivity contribution is 7.89. The summed E-state index contributed by atoms with van der Waals surface area (Å²) in [4.78, 5) is 71.1. The van der Waals surface area contributed by atoms with Crippen LogP contribution in [0.5, 0.6) is 0 Å². The number of urea groups is 1. The Morgan fingerprint density at radius 1 is 1.06 bits per heavy atom. The molecule has 1 saturated heterocycles. The topological polar surface area (TPSA) is 174 Å². The standard InChI is InChI=1S/C37H56N6O7S2/c1-7-17-38-33(46)30(44)26(20-24-11-12-24)39-32(45)29-25(23(2)3)13-18-43(29)34(47)31(36(4,5)6)40-35(48)41-37(15-9-8-10-16-37)22-42-21-27-28(14-19-51-27)52(42,49)50/h7,14,19,23-26,29,31H,1,8-13,15-18,20-22H2,2-6H3,(H,38,46)(H,39,45)(H2,40,41,48)/t25?,26?,29-,31+/m0/s1. The van der Waals surface area contributed by atoms with Crippen LogP contribution < -0.4 is 21.3 Å². The Morgan fingerprint density at radius 3 is 2.35 bits per heavy atom. The van der Waals surface area contributed by atoms with Crippen molar-refractivity contribution in [3.63, 3.8) is 0 Å². The maximum atomic E-state index is 14.6. The average Bonchev–Trinajstić information content (AvgIpc) is 3.47. The van der Waals surface area contributed by atoms with E-state index in [0.29, 0.717) is 30.6 Å². The molecule has 3 fully saturated rings. The highest BCUT2D eigenvalue weighted by Gasteiger charge is 2.49. The number of nitrogens with one attached hydrogen (secondary N) is 4. The Labute approximate surface area is 312 Å². The third-order valence-electron chi connectivity index (χ3n) is 11.1. The van der Waals surface area contributed by atoms with Crippen molar-refractivity contribution in [2.45, 2.75) is 128 Å². The van der Waals surface area contributed by atoms with Crippen LogP contribution in [0.25, 0.3) is 0 Å². The molecule has 13 nitrogen and oxygen atoms in total. The molecule has 0 spiro atoms. The van der Waals surface area contributed by atoms with Crippen LogP contribution in [-0.4, -0.2) is 90.5 Å². The molecular formula is C37H56N6O7S2. The largest absolute Gasteiger partial charge is 0.346 e. The lowest BCUT2D eigenvalue weighted by molar-refractivity contribution is -0.144. The highest BCUT2D eigenvalue weighted by Crippen LogP contribution is 2.39. The number of rotatable bonds is 14. The van der Waals surface area contributed by atoms with Gasteiger partial charge in [0.1, 0.15) is 12.1 Å². The second-order valence-corrected chi connectivity index (χ2v) is 19.4. The summed E-state index contributed by atoms with van der Waals surface area (Å²) in [7, 11) is -3.67. The van der Waals surface area contributed by atoms with E-state index in [0.717, 1.165) is 37.0 Å². The second-order valence-electron chi connectivity index (χ2n) is 16.5. The van der Waals surface area contributed by atoms with Gasteiger partial charge in [-0.1, -0.05) is 72.8 Å². The Balaban J connectivity index is 1.33. The van der Waals surface area contributed by atoms with Crippen LogP contribution in [0.1, 0.15) is 97.3 Å². The lowest BCUT2D eigenvalue weighted by Gasteiger charge is -2.41. The van der Waals surface area contributed by atoms with Gasteiger partial charge in [-0.15, -0.1) is 17.9 Å². The number of nitrogens with zero attached hydrogens (tertiary/aromatic N) is 2. The summed E-state index contributed by atoms with van der Waals surface area (Å²) in [6.07, 6.45) is 8.07. The summed E-state index contributed by atoms with van der Waals surface area (Å²) < 4.78 is 28.2. The minimum Gasteiger partial charge on any atom is -0.346 e. The summed E-state index contributed by atoms with van der Waals surface area (Å²) >= 11 is 1.41. The molecule has 4 atom stereocenters. The summed E-state index contributed by atoms with van der Waals surface area (Å²) in [6.45, 7) is 13.9. The zero-order valence-electron chi connectivity index (χ0n) is 31.2. The average molecular weight is 761 g/mol. The van der Waals surface area contributed by atoms with Crippen LogP contribution in [0.15, 0.2) is 29.0 Å². The molecule has 0 radical (unpaired) electrons. The van der Waals surface area contributed by atoms with Gasteiger partial charge in [0.25, 0.3) is 5.91 Å². The number of carbonyl (C=O) groups excluding carboxylic acids is 5. The summed E-state index contributed by atoms with van der Waals surface area (Å²) in [5.74, 6) is -2.35. The Kier molecular flexibility index (Phi) is 12.3. The monoisotopic (exact) mass is 760 g/mol. The minimum absolute atomic E-state index is 0.0316. The maximum Gasteiger partial charge on any atom is 0.315 e. The van der Waals surface area contributed by atoms with E-state index in [1.807, 2.05) is 34.6 Å². The van der Waals surface area contributed by atoms with Gasteiger partial charge in [-0.25, -0.2) is 13.2 Å². The molecule has 0 bridgehead atoms. The smallest absolute Gasteiger partial charge is 0.315 e. The van der Waals surface area contributed by atoms with Gasteiger partial charge in [-0.2, -0.15) is 4.31 Å². The molecule has 2 aliphatic carbocycles. The van der Waals surface area contributed by atoms with E-state index >= 15 is 0 Å². The number of hydrogen-bond acceptors (Lipinski definition) is 8. The van der Waals surface area contributed by atoms with E-state index in [4.69, 9.17) is 0 Å². The Bertz CT molecular complexity index is 1640. The lowest BCUT2D eigenvalue weighted by Crippen LogP contribution is -2.64. The predicted octanol–water partition coefficient (Wildman–Crippen LogP) is 3.70. The molecule has 3 heterocycles. The van der Waals surface area contributed by atoms with E-state index in [1.54, 1.807) is 11.4 Å². The molecule has 288 valence electrons. The van der Waals surface area contributed by atoms with Gasteiger partial charge in [0.2, 0.25) is 27.6 Å². The van der Waals surface area contributed by atoms with E-state index in [2.05, 4.69) is 27.8 Å². The van der Waals surface area contributed by atoms with Crippen LogP contribution in [-0.2, 0) is 35.7 Å². The molecule has 15 heteroatoms. The van der Waals surface area contributed by atoms with Crippen LogP contribution in [0.2, 0.25) is 0 Å². The summed E-state index contributed by atoms with van der Waals surface area (Å²) in [5.41, 5.74) is -1.57. The highest BCUT2D eigenvalue weighted by atomic mass is 32.2. The van der Waals surface area contributed by atoms with Crippen molar-refractivity contribution in [1.82, 2.24) is 30.5 Å². The molecule has 5 amide bonds. The van der Waals surface area contributed by atoms with Gasteiger partial charge in [0.15, 0.2) is 0 Å².